The van der Waals surface area contributed by atoms with E-state index >= 15 is 0 Å². The maximum Gasteiger partial charge on any atom is 0.163 e. The maximum atomic E-state index is 5.64. The fourth-order valence-corrected chi connectivity index (χ4v) is 2.42. The van der Waals surface area contributed by atoms with Crippen molar-refractivity contribution in [1.29, 1.82) is 0 Å². The van der Waals surface area contributed by atoms with E-state index in [-0.39, 0.29) is 0 Å². The van der Waals surface area contributed by atoms with Crippen LogP contribution in [0.3, 0.4) is 0 Å². The van der Waals surface area contributed by atoms with Crippen molar-refractivity contribution >= 4 is 11.0 Å². The fourth-order valence-electron chi connectivity index (χ4n) is 2.42. The minimum atomic E-state index is 0.679. The van der Waals surface area contributed by atoms with E-state index in [0.717, 1.165) is 48.4 Å². The Hall–Kier alpha value is -1.75. The lowest BCUT2D eigenvalue weighted by atomic mass is 10.2. The van der Waals surface area contributed by atoms with Crippen molar-refractivity contribution in [2.24, 2.45) is 5.73 Å². The molecule has 2 N–H and O–H groups in total. The van der Waals surface area contributed by atoms with Crippen LogP contribution < -0.4 is 15.2 Å². The van der Waals surface area contributed by atoms with Crippen molar-refractivity contribution in [3.05, 3.63) is 18.0 Å². The molecule has 5 heteroatoms. The van der Waals surface area contributed by atoms with Gasteiger partial charge in [0.1, 0.15) is 5.82 Å². The number of aromatic nitrogens is 2. The molecule has 0 saturated heterocycles. The molecule has 2 rings (SSSR count). The number of fused-ring (bicyclic) bond motifs is 1. The summed E-state index contributed by atoms with van der Waals surface area (Å²) in [5, 5.41) is 0. The second-order valence-electron chi connectivity index (χ2n) is 4.77. The van der Waals surface area contributed by atoms with E-state index in [1.165, 1.54) is 0 Å². The van der Waals surface area contributed by atoms with Crippen LogP contribution in [0.4, 0.5) is 0 Å². The zero-order chi connectivity index (χ0) is 14.5. The van der Waals surface area contributed by atoms with Crippen molar-refractivity contribution in [3.63, 3.8) is 0 Å². The van der Waals surface area contributed by atoms with Gasteiger partial charge < -0.3 is 19.8 Å². The zero-order valence-corrected chi connectivity index (χ0v) is 12.5. The summed E-state index contributed by atoms with van der Waals surface area (Å²) in [6, 6.07) is 3.93. The summed E-state index contributed by atoms with van der Waals surface area (Å²) in [5.41, 5.74) is 7.67. The Kier molecular flexibility index (Phi) is 4.84. The molecular formula is C15H23N3O2. The molecule has 0 aliphatic carbocycles. The van der Waals surface area contributed by atoms with Crippen molar-refractivity contribution in [3.8, 4) is 11.5 Å². The summed E-state index contributed by atoms with van der Waals surface area (Å²) in [7, 11) is 3.29. The number of benzene rings is 1. The lowest BCUT2D eigenvalue weighted by molar-refractivity contribution is 0.355. The van der Waals surface area contributed by atoms with Gasteiger partial charge in [0.2, 0.25) is 0 Å². The quantitative estimate of drug-likeness (QED) is 0.844. The first-order valence-corrected chi connectivity index (χ1v) is 7.06. The maximum absolute atomic E-state index is 5.64. The van der Waals surface area contributed by atoms with Gasteiger partial charge >= 0.3 is 0 Å². The number of nitrogens with zero attached hydrogens (tertiary/aromatic N) is 2. The first-order valence-electron chi connectivity index (χ1n) is 7.06. The summed E-state index contributed by atoms with van der Waals surface area (Å²) in [4.78, 5) is 4.73. The monoisotopic (exact) mass is 277 g/mol. The van der Waals surface area contributed by atoms with E-state index in [2.05, 4.69) is 11.5 Å². The molecule has 0 bridgehead atoms. The van der Waals surface area contributed by atoms with Crippen LogP contribution in [0, 0.1) is 0 Å². The molecule has 0 radical (unpaired) electrons. The van der Waals surface area contributed by atoms with Crippen LogP contribution in [-0.4, -0.2) is 30.3 Å². The van der Waals surface area contributed by atoms with E-state index < -0.39 is 0 Å². The van der Waals surface area contributed by atoms with Gasteiger partial charge in [0.15, 0.2) is 11.5 Å². The molecule has 1 aromatic heterocycles. The normalized spacial score (nSPS) is 11.0. The van der Waals surface area contributed by atoms with Crippen LogP contribution in [0.1, 0.15) is 25.6 Å². The highest BCUT2D eigenvalue weighted by atomic mass is 16.5. The van der Waals surface area contributed by atoms with Crippen LogP contribution >= 0.6 is 0 Å². The van der Waals surface area contributed by atoms with Crippen molar-refractivity contribution < 1.29 is 9.47 Å². The molecular weight excluding hydrogens is 254 g/mol. The van der Waals surface area contributed by atoms with E-state index in [4.69, 9.17) is 20.2 Å². The number of imidazole rings is 1. The Morgan fingerprint density at radius 2 is 1.90 bits per heavy atom. The SMILES string of the molecule is CCCc1nc2cc(OC)c(OC)cc2n1CCCN. The molecule has 1 aromatic carbocycles. The lowest BCUT2D eigenvalue weighted by Gasteiger charge is -2.10. The minimum Gasteiger partial charge on any atom is -0.493 e. The number of hydrogen-bond donors (Lipinski definition) is 1. The molecule has 0 amide bonds. The molecule has 0 saturated carbocycles. The van der Waals surface area contributed by atoms with E-state index in [1.54, 1.807) is 14.2 Å². The first-order chi connectivity index (χ1) is 9.74. The highest BCUT2D eigenvalue weighted by Crippen LogP contribution is 2.32. The summed E-state index contributed by atoms with van der Waals surface area (Å²) >= 11 is 0. The second-order valence-corrected chi connectivity index (χ2v) is 4.77. The number of rotatable bonds is 7. The van der Waals surface area contributed by atoms with Crippen molar-refractivity contribution in [2.75, 3.05) is 20.8 Å². The molecule has 110 valence electrons. The molecule has 0 fully saturated rings. The van der Waals surface area contributed by atoms with Gasteiger partial charge in [-0.05, 0) is 19.4 Å². The molecule has 5 nitrogen and oxygen atoms in total. The van der Waals surface area contributed by atoms with Gasteiger partial charge in [-0.3, -0.25) is 0 Å². The molecule has 0 spiro atoms. The number of aryl methyl sites for hydroxylation is 2. The fraction of sp³-hybridized carbons (Fsp3) is 0.533. The third kappa shape index (κ3) is 2.72. The molecule has 0 aliphatic heterocycles. The Morgan fingerprint density at radius 1 is 1.20 bits per heavy atom. The highest BCUT2D eigenvalue weighted by Gasteiger charge is 2.14. The number of methoxy groups -OCH3 is 2. The molecule has 20 heavy (non-hydrogen) atoms. The lowest BCUT2D eigenvalue weighted by Crippen LogP contribution is -2.08. The first kappa shape index (κ1) is 14.7. The molecule has 2 aromatic rings. The highest BCUT2D eigenvalue weighted by molar-refractivity contribution is 5.80. The van der Waals surface area contributed by atoms with Crippen LogP contribution in [0.15, 0.2) is 12.1 Å². The topological polar surface area (TPSA) is 62.3 Å². The largest absolute Gasteiger partial charge is 0.493 e. The Morgan fingerprint density at radius 3 is 2.50 bits per heavy atom. The smallest absolute Gasteiger partial charge is 0.163 e. The van der Waals surface area contributed by atoms with Crippen LogP contribution in [0.5, 0.6) is 11.5 Å². The molecule has 0 atom stereocenters. The summed E-state index contributed by atoms with van der Waals surface area (Å²) in [6.45, 7) is 3.73. The van der Waals surface area contributed by atoms with Crippen LogP contribution in [0.25, 0.3) is 11.0 Å². The molecule has 0 unspecified atom stereocenters. The summed E-state index contributed by atoms with van der Waals surface area (Å²) < 4.78 is 13.0. The van der Waals surface area contributed by atoms with Gasteiger partial charge in [-0.25, -0.2) is 4.98 Å². The van der Waals surface area contributed by atoms with Gasteiger partial charge in [-0.2, -0.15) is 0 Å². The van der Waals surface area contributed by atoms with Gasteiger partial charge in [0.25, 0.3) is 0 Å². The Bertz CT molecular complexity index is 578. The number of hydrogen-bond acceptors (Lipinski definition) is 4. The zero-order valence-electron chi connectivity index (χ0n) is 12.5. The molecule has 0 aliphatic rings. The summed E-state index contributed by atoms with van der Waals surface area (Å²) in [5.74, 6) is 2.55. The summed E-state index contributed by atoms with van der Waals surface area (Å²) in [6.07, 6.45) is 2.97. The van der Waals surface area contributed by atoms with Crippen molar-refractivity contribution in [2.45, 2.75) is 32.7 Å². The van der Waals surface area contributed by atoms with Crippen LogP contribution in [0.2, 0.25) is 0 Å². The number of ether oxygens (including phenoxy) is 2. The Labute approximate surface area is 119 Å². The third-order valence-electron chi connectivity index (χ3n) is 3.39. The average Bonchev–Trinajstić information content (AvgIpc) is 2.80. The minimum absolute atomic E-state index is 0.679. The van der Waals surface area contributed by atoms with Gasteiger partial charge in [0, 0.05) is 25.1 Å². The number of nitrogens with two attached hydrogens (primary N) is 1. The average molecular weight is 277 g/mol. The van der Waals surface area contributed by atoms with E-state index in [0.29, 0.717) is 12.3 Å². The second kappa shape index (κ2) is 6.61. The van der Waals surface area contributed by atoms with Crippen molar-refractivity contribution in [1.82, 2.24) is 9.55 Å². The van der Waals surface area contributed by atoms with Crippen LogP contribution in [-0.2, 0) is 13.0 Å². The Balaban J connectivity index is 2.55. The third-order valence-corrected chi connectivity index (χ3v) is 3.39. The standard InChI is InChI=1S/C15H23N3O2/c1-4-6-15-17-11-9-13(19-2)14(20-3)10-12(11)18(15)8-5-7-16/h9-10H,4-8,16H2,1-3H3. The van der Waals surface area contributed by atoms with Gasteiger partial charge in [-0.1, -0.05) is 6.92 Å². The predicted molar refractivity (Wildman–Crippen MR) is 80.5 cm³/mol. The van der Waals surface area contributed by atoms with Gasteiger partial charge in [-0.15, -0.1) is 0 Å². The van der Waals surface area contributed by atoms with E-state index in [1.807, 2.05) is 12.1 Å². The van der Waals surface area contributed by atoms with Gasteiger partial charge in [0.05, 0.1) is 25.3 Å². The molecule has 1 heterocycles. The van der Waals surface area contributed by atoms with E-state index in [9.17, 15) is 0 Å². The predicted octanol–water partition coefficient (Wildman–Crippen LogP) is 2.35.